The molecule has 3 N–H and O–H groups in total. The smallest absolute Gasteiger partial charge is 0.270 e. The number of nitro benzene ring substituents is 1. The molecule has 0 aliphatic rings. The Kier molecular flexibility index (Phi) is 4.18. The van der Waals surface area contributed by atoms with Crippen LogP contribution in [-0.4, -0.2) is 10.8 Å². The summed E-state index contributed by atoms with van der Waals surface area (Å²) in [5.41, 5.74) is 7.11. The molecule has 102 valence electrons. The highest BCUT2D eigenvalue weighted by molar-refractivity contribution is 14.1. The maximum Gasteiger partial charge on any atom is 0.270 e. The van der Waals surface area contributed by atoms with Gasteiger partial charge in [-0.1, -0.05) is 0 Å². The summed E-state index contributed by atoms with van der Waals surface area (Å²) in [6.45, 7) is 0. The Morgan fingerprint density at radius 1 is 1.20 bits per heavy atom. The van der Waals surface area contributed by atoms with Crippen LogP contribution < -0.4 is 11.1 Å². The molecule has 6 nitrogen and oxygen atoms in total. The van der Waals surface area contributed by atoms with Crippen LogP contribution in [0.5, 0.6) is 0 Å². The lowest BCUT2D eigenvalue weighted by Gasteiger charge is -2.07. The molecule has 0 radical (unpaired) electrons. The molecule has 0 bridgehead atoms. The van der Waals surface area contributed by atoms with Gasteiger partial charge in [0.1, 0.15) is 0 Å². The number of nitrogens with zero attached hydrogens (tertiary/aromatic N) is 1. The Balaban J connectivity index is 2.21. The van der Waals surface area contributed by atoms with Crippen LogP contribution in [0.3, 0.4) is 0 Å². The van der Waals surface area contributed by atoms with E-state index in [1.54, 1.807) is 24.3 Å². The number of anilines is 2. The molecular formula is C13H10IN3O3. The second kappa shape index (κ2) is 5.87. The number of hydrogen-bond acceptors (Lipinski definition) is 4. The van der Waals surface area contributed by atoms with Crippen LogP contribution in [-0.2, 0) is 0 Å². The molecule has 0 fully saturated rings. The van der Waals surface area contributed by atoms with Gasteiger partial charge in [0.2, 0.25) is 0 Å². The maximum atomic E-state index is 12.1. The fourth-order valence-corrected chi connectivity index (χ4v) is 2.31. The van der Waals surface area contributed by atoms with Crippen LogP contribution in [0, 0.1) is 13.7 Å². The van der Waals surface area contributed by atoms with Crippen LogP contribution >= 0.6 is 22.6 Å². The minimum atomic E-state index is -0.496. The third kappa shape index (κ3) is 3.23. The number of nitro groups is 1. The first-order valence-corrected chi connectivity index (χ1v) is 6.66. The molecule has 0 heterocycles. The molecule has 0 unspecified atom stereocenters. The maximum absolute atomic E-state index is 12.1. The topological polar surface area (TPSA) is 98.3 Å². The zero-order chi connectivity index (χ0) is 14.7. The number of nitrogen functional groups attached to an aromatic ring is 1. The van der Waals surface area contributed by atoms with Gasteiger partial charge in [0.15, 0.2) is 0 Å². The molecule has 0 aliphatic carbocycles. The number of halogens is 1. The van der Waals surface area contributed by atoms with Gasteiger partial charge in [-0.2, -0.15) is 0 Å². The van der Waals surface area contributed by atoms with Gasteiger partial charge in [0.25, 0.3) is 11.6 Å². The number of rotatable bonds is 3. The van der Waals surface area contributed by atoms with E-state index in [0.29, 0.717) is 20.5 Å². The Morgan fingerprint density at radius 2 is 1.85 bits per heavy atom. The van der Waals surface area contributed by atoms with Crippen LogP contribution in [0.25, 0.3) is 0 Å². The summed E-state index contributed by atoms with van der Waals surface area (Å²) in [6, 6.07) is 10.8. The van der Waals surface area contributed by atoms with Gasteiger partial charge in [-0.15, -0.1) is 0 Å². The minimum absolute atomic E-state index is 0.0431. The van der Waals surface area contributed by atoms with E-state index in [-0.39, 0.29) is 11.6 Å². The van der Waals surface area contributed by atoms with Gasteiger partial charge in [0.05, 0.1) is 10.5 Å². The van der Waals surface area contributed by atoms with E-state index in [1.807, 2.05) is 22.6 Å². The fourth-order valence-electron chi connectivity index (χ4n) is 1.57. The van der Waals surface area contributed by atoms with E-state index in [0.717, 1.165) is 0 Å². The monoisotopic (exact) mass is 383 g/mol. The second-order valence-corrected chi connectivity index (χ2v) is 5.16. The van der Waals surface area contributed by atoms with Crippen molar-refractivity contribution in [2.45, 2.75) is 0 Å². The molecule has 0 saturated heterocycles. The highest BCUT2D eigenvalue weighted by atomic mass is 127. The van der Waals surface area contributed by atoms with E-state index in [9.17, 15) is 14.9 Å². The molecule has 0 saturated carbocycles. The van der Waals surface area contributed by atoms with Gasteiger partial charge in [-0.3, -0.25) is 14.9 Å². The first kappa shape index (κ1) is 14.3. The SMILES string of the molecule is Nc1ccc(NC(=O)c2ccc([N+](=O)[O-])cc2I)cc1. The largest absolute Gasteiger partial charge is 0.399 e. The Morgan fingerprint density at radius 3 is 2.40 bits per heavy atom. The van der Waals surface area contributed by atoms with Crippen molar-refractivity contribution in [3.05, 3.63) is 61.7 Å². The van der Waals surface area contributed by atoms with Gasteiger partial charge in [-0.25, -0.2) is 0 Å². The summed E-state index contributed by atoms with van der Waals surface area (Å²) < 4.78 is 0.518. The third-order valence-corrected chi connectivity index (χ3v) is 3.47. The van der Waals surface area contributed by atoms with Crippen LogP contribution in [0.2, 0.25) is 0 Å². The second-order valence-electron chi connectivity index (χ2n) is 4.00. The van der Waals surface area contributed by atoms with Crippen LogP contribution in [0.4, 0.5) is 17.1 Å². The predicted octanol–water partition coefficient (Wildman–Crippen LogP) is 3.03. The van der Waals surface area contributed by atoms with E-state index in [2.05, 4.69) is 5.32 Å². The molecule has 2 aromatic rings. The third-order valence-electron chi connectivity index (χ3n) is 2.58. The summed E-state index contributed by atoms with van der Waals surface area (Å²) >= 11 is 1.90. The van der Waals surface area contributed by atoms with E-state index in [4.69, 9.17) is 5.73 Å². The molecule has 2 rings (SSSR count). The Labute approximate surface area is 128 Å². The van der Waals surface area contributed by atoms with Crippen molar-refractivity contribution in [2.24, 2.45) is 0 Å². The van der Waals surface area contributed by atoms with Crippen LogP contribution in [0.1, 0.15) is 10.4 Å². The van der Waals surface area contributed by atoms with E-state index < -0.39 is 4.92 Å². The molecule has 0 atom stereocenters. The highest BCUT2D eigenvalue weighted by Crippen LogP contribution is 2.21. The number of nitrogens with one attached hydrogen (secondary N) is 1. The van der Waals surface area contributed by atoms with E-state index in [1.165, 1.54) is 18.2 Å². The lowest BCUT2D eigenvalue weighted by atomic mass is 10.2. The van der Waals surface area contributed by atoms with Gasteiger partial charge in [0, 0.05) is 27.1 Å². The summed E-state index contributed by atoms with van der Waals surface area (Å²) in [5, 5.41) is 13.4. The number of carbonyl (C=O) groups is 1. The summed E-state index contributed by atoms with van der Waals surface area (Å²) in [6.07, 6.45) is 0. The molecule has 20 heavy (non-hydrogen) atoms. The minimum Gasteiger partial charge on any atom is -0.399 e. The summed E-state index contributed by atoms with van der Waals surface area (Å²) in [5.74, 6) is -0.325. The zero-order valence-corrected chi connectivity index (χ0v) is 12.3. The Bertz CT molecular complexity index is 671. The van der Waals surface area contributed by atoms with Crippen LogP contribution in [0.15, 0.2) is 42.5 Å². The standard InChI is InChI=1S/C13H10IN3O3/c14-12-7-10(17(19)20)5-6-11(12)13(18)16-9-3-1-8(15)2-4-9/h1-7H,15H2,(H,16,18). The lowest BCUT2D eigenvalue weighted by molar-refractivity contribution is -0.384. The highest BCUT2D eigenvalue weighted by Gasteiger charge is 2.14. The lowest BCUT2D eigenvalue weighted by Crippen LogP contribution is -2.13. The molecule has 0 aliphatic heterocycles. The number of hydrogen-bond donors (Lipinski definition) is 2. The summed E-state index contributed by atoms with van der Waals surface area (Å²) in [7, 11) is 0. The number of nitrogens with two attached hydrogens (primary N) is 1. The molecule has 0 aromatic heterocycles. The first-order chi connectivity index (χ1) is 9.47. The molecular weight excluding hydrogens is 373 g/mol. The quantitative estimate of drug-likeness (QED) is 0.368. The van der Waals surface area contributed by atoms with Gasteiger partial charge < -0.3 is 11.1 Å². The van der Waals surface area contributed by atoms with Crippen molar-refractivity contribution in [1.29, 1.82) is 0 Å². The zero-order valence-electron chi connectivity index (χ0n) is 10.2. The van der Waals surface area contributed by atoms with E-state index >= 15 is 0 Å². The molecule has 1 amide bonds. The average molecular weight is 383 g/mol. The predicted molar refractivity (Wildman–Crippen MR) is 84.6 cm³/mol. The van der Waals surface area contributed by atoms with Crippen molar-refractivity contribution in [3.8, 4) is 0 Å². The average Bonchev–Trinajstić information content (AvgIpc) is 2.41. The molecule has 0 spiro atoms. The van der Waals surface area contributed by atoms with Gasteiger partial charge in [-0.05, 0) is 52.9 Å². The van der Waals surface area contributed by atoms with Crippen molar-refractivity contribution >= 4 is 45.6 Å². The van der Waals surface area contributed by atoms with Crippen molar-refractivity contribution in [1.82, 2.24) is 0 Å². The number of carbonyl (C=O) groups excluding carboxylic acids is 1. The molecule has 2 aromatic carbocycles. The Hall–Kier alpha value is -2.16. The van der Waals surface area contributed by atoms with Gasteiger partial charge >= 0.3 is 0 Å². The fraction of sp³-hybridized carbons (Fsp3) is 0. The van der Waals surface area contributed by atoms with Crippen molar-refractivity contribution < 1.29 is 9.72 Å². The number of benzene rings is 2. The molecule has 7 heteroatoms. The van der Waals surface area contributed by atoms with Crippen molar-refractivity contribution in [3.63, 3.8) is 0 Å². The normalized spacial score (nSPS) is 10.1. The summed E-state index contributed by atoms with van der Waals surface area (Å²) in [4.78, 5) is 22.2. The first-order valence-electron chi connectivity index (χ1n) is 5.58. The number of non-ortho nitro benzene ring substituents is 1. The van der Waals surface area contributed by atoms with Crippen molar-refractivity contribution in [2.75, 3.05) is 11.1 Å². The number of amides is 1.